The Labute approximate surface area is 266 Å². The maximum Gasteiger partial charge on any atom is 0.290 e. The summed E-state index contributed by atoms with van der Waals surface area (Å²) < 4.78 is 0. The minimum absolute atomic E-state index is 0.0521. The summed E-state index contributed by atoms with van der Waals surface area (Å²) in [6.07, 6.45) is 2.05. The Kier molecular flexibility index (Phi) is 11.0. The molecule has 1 saturated carbocycles. The number of piperidine rings is 1. The number of Topliss-reactive ketones (excluding diaryl/α,β-unsaturated/α-hetero) is 1. The van der Waals surface area contributed by atoms with Crippen LogP contribution in [0.2, 0.25) is 0 Å². The number of fused-ring (bicyclic) bond motifs is 1. The van der Waals surface area contributed by atoms with Gasteiger partial charge in [0.25, 0.3) is 5.91 Å². The number of carbonyl (C=O) groups is 6. The number of ketones is 1. The zero-order chi connectivity index (χ0) is 33.9. The highest BCUT2D eigenvalue weighted by atomic mass is 16.2. The predicted molar refractivity (Wildman–Crippen MR) is 170 cm³/mol. The van der Waals surface area contributed by atoms with Crippen LogP contribution in [0.25, 0.3) is 0 Å². The van der Waals surface area contributed by atoms with Gasteiger partial charge in [-0.25, -0.2) is 0 Å². The van der Waals surface area contributed by atoms with E-state index in [9.17, 15) is 28.8 Å². The molecule has 1 aromatic rings. The van der Waals surface area contributed by atoms with Crippen LogP contribution in [0.3, 0.4) is 0 Å². The van der Waals surface area contributed by atoms with Crippen LogP contribution < -0.4 is 16.0 Å². The summed E-state index contributed by atoms with van der Waals surface area (Å²) in [5.41, 5.74) is 0.144. The van der Waals surface area contributed by atoms with Gasteiger partial charge in [-0.2, -0.15) is 0 Å². The van der Waals surface area contributed by atoms with E-state index < -0.39 is 48.2 Å². The van der Waals surface area contributed by atoms with Gasteiger partial charge in [0, 0.05) is 26.6 Å². The summed E-state index contributed by atoms with van der Waals surface area (Å²) in [6.45, 7) is 15.6. The maximum absolute atomic E-state index is 13.8. The third-order valence-corrected chi connectivity index (χ3v) is 9.48. The van der Waals surface area contributed by atoms with Gasteiger partial charge in [-0.05, 0) is 41.1 Å². The van der Waals surface area contributed by atoms with Gasteiger partial charge in [-0.15, -0.1) is 6.58 Å². The molecular formula is C34H49N5O6. The highest BCUT2D eigenvalue weighted by Crippen LogP contribution is 2.65. The van der Waals surface area contributed by atoms with E-state index >= 15 is 0 Å². The highest BCUT2D eigenvalue weighted by molar-refractivity contribution is 6.38. The quantitative estimate of drug-likeness (QED) is 0.227. The molecule has 0 spiro atoms. The van der Waals surface area contributed by atoms with E-state index in [0.717, 1.165) is 0 Å². The van der Waals surface area contributed by atoms with Gasteiger partial charge in [0.2, 0.25) is 29.4 Å². The topological polar surface area (TPSA) is 145 Å². The van der Waals surface area contributed by atoms with Crippen molar-refractivity contribution in [2.75, 3.05) is 27.2 Å². The lowest BCUT2D eigenvalue weighted by atomic mass is 9.81. The number of benzene rings is 1. The second-order valence-corrected chi connectivity index (χ2v) is 14.1. The number of amides is 5. The van der Waals surface area contributed by atoms with Crippen molar-refractivity contribution in [2.24, 2.45) is 28.6 Å². The number of nitrogens with one attached hydrogen (secondary N) is 3. The number of hydrogen-bond donors (Lipinski definition) is 3. The van der Waals surface area contributed by atoms with E-state index in [-0.39, 0.29) is 46.8 Å². The maximum atomic E-state index is 13.8. The fraction of sp³-hybridized carbons (Fsp3) is 0.588. The first-order valence-corrected chi connectivity index (χ1v) is 15.5. The average molecular weight is 624 g/mol. The molecule has 0 bridgehead atoms. The molecule has 11 nitrogen and oxygen atoms in total. The van der Waals surface area contributed by atoms with Gasteiger partial charge < -0.3 is 25.8 Å². The lowest BCUT2D eigenvalue weighted by Gasteiger charge is -2.36. The van der Waals surface area contributed by atoms with Crippen molar-refractivity contribution in [1.29, 1.82) is 0 Å². The Morgan fingerprint density at radius 1 is 1.07 bits per heavy atom. The van der Waals surface area contributed by atoms with Crippen LogP contribution in [0, 0.1) is 28.6 Å². The van der Waals surface area contributed by atoms with Gasteiger partial charge in [0.05, 0.1) is 12.6 Å². The second-order valence-electron chi connectivity index (χ2n) is 14.1. The fourth-order valence-electron chi connectivity index (χ4n) is 6.05. The monoisotopic (exact) mass is 623 g/mol. The Morgan fingerprint density at radius 3 is 2.24 bits per heavy atom. The first-order valence-electron chi connectivity index (χ1n) is 15.5. The van der Waals surface area contributed by atoms with E-state index in [1.807, 2.05) is 27.7 Å². The number of nitrogens with zero attached hydrogens (tertiary/aromatic N) is 2. The molecule has 1 aromatic carbocycles. The van der Waals surface area contributed by atoms with E-state index in [4.69, 9.17) is 0 Å². The molecule has 2 aliphatic rings. The first-order chi connectivity index (χ1) is 20.9. The molecule has 3 N–H and O–H groups in total. The van der Waals surface area contributed by atoms with Crippen molar-refractivity contribution in [2.45, 2.75) is 72.5 Å². The fourth-order valence-corrected chi connectivity index (χ4v) is 6.05. The molecule has 1 unspecified atom stereocenters. The van der Waals surface area contributed by atoms with Gasteiger partial charge in [0.1, 0.15) is 12.1 Å². The first kappa shape index (κ1) is 35.5. The molecule has 6 atom stereocenters. The predicted octanol–water partition coefficient (Wildman–Crippen LogP) is 2.23. The lowest BCUT2D eigenvalue weighted by molar-refractivity contribution is -0.146. The van der Waals surface area contributed by atoms with Crippen LogP contribution in [0.1, 0.15) is 66.0 Å². The summed E-state index contributed by atoms with van der Waals surface area (Å²) in [5.74, 6) is -3.75. The summed E-state index contributed by atoms with van der Waals surface area (Å²) in [7, 11) is 3.14. The van der Waals surface area contributed by atoms with E-state index in [1.54, 1.807) is 55.4 Å². The lowest BCUT2D eigenvalue weighted by Crippen LogP contribution is -2.56. The standard InChI is InChI=1S/C34H49N5O6/c1-10-11-17-23(36-29(42)27-25-22(34(25,6)7)19-39(27)31(44)20(2)33(3,4)5)28(41)30(43)35-18-24(40)37-26(32(45)38(8)9)21-15-13-12-14-16-21/h10,12-16,20,22-23,25-27H,1,11,17-19H2,2-9H3,(H,35,43)(H,36,42)(H,37,40)/t20-,22+,23?,25+,26+,27+/m1/s1. The summed E-state index contributed by atoms with van der Waals surface area (Å²) in [5, 5.41) is 7.70. The molecule has 3 rings (SSSR count). The second kappa shape index (κ2) is 14.0. The van der Waals surface area contributed by atoms with Crippen LogP contribution in [0.4, 0.5) is 0 Å². The van der Waals surface area contributed by atoms with Crippen LogP contribution in [-0.4, -0.2) is 84.4 Å². The smallest absolute Gasteiger partial charge is 0.290 e. The molecular weight excluding hydrogens is 574 g/mol. The Hall–Kier alpha value is -4.02. The Bertz CT molecular complexity index is 1320. The van der Waals surface area contributed by atoms with Crippen molar-refractivity contribution in [3.63, 3.8) is 0 Å². The average Bonchev–Trinajstić information content (AvgIpc) is 3.30. The van der Waals surface area contributed by atoms with Gasteiger partial charge in [-0.1, -0.05) is 78.0 Å². The van der Waals surface area contributed by atoms with Crippen molar-refractivity contribution < 1.29 is 28.8 Å². The molecule has 246 valence electrons. The van der Waals surface area contributed by atoms with Crippen molar-refractivity contribution in [3.8, 4) is 0 Å². The molecule has 11 heteroatoms. The number of likely N-dealkylation sites (tertiary alicyclic amines) is 1. The van der Waals surface area contributed by atoms with Crippen molar-refractivity contribution in [1.82, 2.24) is 25.8 Å². The van der Waals surface area contributed by atoms with Crippen molar-refractivity contribution >= 4 is 35.3 Å². The number of allylic oxidation sites excluding steroid dienone is 1. The number of likely N-dealkylation sites (N-methyl/N-ethyl adjacent to an activating group) is 1. The van der Waals surface area contributed by atoms with Gasteiger partial charge in [0.15, 0.2) is 0 Å². The van der Waals surface area contributed by atoms with Crippen LogP contribution in [-0.2, 0) is 28.8 Å². The molecule has 0 radical (unpaired) electrons. The van der Waals surface area contributed by atoms with Gasteiger partial charge >= 0.3 is 0 Å². The molecule has 1 saturated heterocycles. The van der Waals surface area contributed by atoms with Gasteiger partial charge in [-0.3, -0.25) is 28.8 Å². The SMILES string of the molecule is C=CCCC(NC(=O)[C@@H]1[C@@H]2[C@H](CN1C(=O)[C@@H](C)C(C)(C)C)C2(C)C)C(=O)C(=O)NCC(=O)N[C@H](C(=O)N(C)C)c1ccccc1. The molecule has 1 aliphatic carbocycles. The third kappa shape index (κ3) is 7.99. The number of rotatable bonds is 13. The van der Waals surface area contributed by atoms with E-state index in [0.29, 0.717) is 18.5 Å². The number of carbonyl (C=O) groups excluding carboxylic acids is 6. The van der Waals surface area contributed by atoms with Crippen LogP contribution >= 0.6 is 0 Å². The summed E-state index contributed by atoms with van der Waals surface area (Å²) >= 11 is 0. The van der Waals surface area contributed by atoms with E-state index in [1.165, 1.54) is 4.90 Å². The van der Waals surface area contributed by atoms with Crippen LogP contribution in [0.15, 0.2) is 43.0 Å². The molecule has 2 fully saturated rings. The molecule has 1 aliphatic heterocycles. The minimum atomic E-state index is -1.18. The van der Waals surface area contributed by atoms with Crippen LogP contribution in [0.5, 0.6) is 0 Å². The van der Waals surface area contributed by atoms with Crippen molar-refractivity contribution in [3.05, 3.63) is 48.6 Å². The minimum Gasteiger partial charge on any atom is -0.347 e. The van der Waals surface area contributed by atoms with E-state index in [2.05, 4.69) is 36.4 Å². The normalized spacial score (nSPS) is 21.8. The third-order valence-electron chi connectivity index (χ3n) is 9.48. The molecule has 5 amide bonds. The largest absolute Gasteiger partial charge is 0.347 e. The molecule has 0 aromatic heterocycles. The summed E-state index contributed by atoms with van der Waals surface area (Å²) in [4.78, 5) is 82.0. The molecule has 1 heterocycles. The Morgan fingerprint density at radius 2 is 1.69 bits per heavy atom. The highest BCUT2D eigenvalue weighted by Gasteiger charge is 2.69. The summed E-state index contributed by atoms with van der Waals surface area (Å²) in [6, 6.07) is 5.77. The molecule has 45 heavy (non-hydrogen) atoms. The zero-order valence-electron chi connectivity index (χ0n) is 27.8. The number of hydrogen-bond acceptors (Lipinski definition) is 6. The zero-order valence-corrected chi connectivity index (χ0v) is 27.8. The Balaban J connectivity index is 1.70.